The van der Waals surface area contributed by atoms with Crippen molar-refractivity contribution in [2.75, 3.05) is 6.61 Å². The fraction of sp³-hybridized carbons (Fsp3) is 0.400. The van der Waals surface area contributed by atoms with E-state index in [-0.39, 0.29) is 47.2 Å². The first-order valence-electron chi connectivity index (χ1n) is 9.95. The van der Waals surface area contributed by atoms with Crippen LogP contribution in [0.4, 0.5) is 3.89 Å². The Morgan fingerprint density at radius 1 is 1.38 bits per heavy atom. The summed E-state index contributed by atoms with van der Waals surface area (Å²) in [5.41, 5.74) is 1.60. The average Bonchev–Trinajstić information content (AvgIpc) is 3.15. The molecule has 12 heteroatoms. The zero-order valence-electron chi connectivity index (χ0n) is 16.4. The van der Waals surface area contributed by atoms with Gasteiger partial charge in [-0.05, 0) is 46.0 Å². The second kappa shape index (κ2) is 9.23. The summed E-state index contributed by atoms with van der Waals surface area (Å²) in [6, 6.07) is 0. The number of hydrogen-bond acceptors (Lipinski definition) is 5. The van der Waals surface area contributed by atoms with Gasteiger partial charge in [-0.15, -0.1) is 15.5 Å². The first-order chi connectivity index (χ1) is 15.5. The molecule has 0 aromatic carbocycles. The Hall–Kier alpha value is -0.580. The molecular formula is C20H17Cl2FIN2O4PS. The van der Waals surface area contributed by atoms with Crippen molar-refractivity contribution >= 4 is 75.1 Å². The van der Waals surface area contributed by atoms with Crippen molar-refractivity contribution < 1.29 is 12.8 Å². The van der Waals surface area contributed by atoms with Gasteiger partial charge in [-0.3, -0.25) is 9.36 Å². The molecule has 0 spiro atoms. The van der Waals surface area contributed by atoms with Crippen LogP contribution in [-0.4, -0.2) is 20.5 Å². The first-order valence-corrected chi connectivity index (χ1v) is 15.5. The van der Waals surface area contributed by atoms with Gasteiger partial charge in [0.15, 0.2) is 12.3 Å². The average molecular weight is 629 g/mol. The Morgan fingerprint density at radius 2 is 2.19 bits per heavy atom. The third-order valence-electron chi connectivity index (χ3n) is 6.18. The Kier molecular flexibility index (Phi) is 6.68. The highest BCUT2D eigenvalue weighted by Crippen LogP contribution is 2.52. The molecule has 0 bridgehead atoms. The van der Waals surface area contributed by atoms with Crippen molar-refractivity contribution in [1.82, 2.24) is 8.54 Å². The predicted molar refractivity (Wildman–Crippen MR) is 136 cm³/mol. The summed E-state index contributed by atoms with van der Waals surface area (Å²) in [6.45, 7) is 0.836. The van der Waals surface area contributed by atoms with E-state index >= 15 is 0 Å². The lowest BCUT2D eigenvalue weighted by Gasteiger charge is -2.37. The zero-order valence-corrected chi connectivity index (χ0v) is 21.9. The molecule has 0 amide bonds. The minimum atomic E-state index is -0.756. The minimum absolute atomic E-state index is 0.0450. The molecule has 0 radical (unpaired) electrons. The van der Waals surface area contributed by atoms with Crippen LogP contribution < -0.4 is 11.2 Å². The van der Waals surface area contributed by atoms with Crippen molar-refractivity contribution in [2.45, 2.75) is 37.1 Å². The second-order valence-corrected chi connectivity index (χ2v) is 11.1. The van der Waals surface area contributed by atoms with Gasteiger partial charge in [0.1, 0.15) is 11.1 Å². The number of aromatic nitrogens is 2. The van der Waals surface area contributed by atoms with Crippen molar-refractivity contribution in [3.05, 3.63) is 66.6 Å². The fourth-order valence-corrected chi connectivity index (χ4v) is 6.69. The highest BCUT2D eigenvalue weighted by Gasteiger charge is 2.41. The lowest BCUT2D eigenvalue weighted by atomic mass is 9.68. The zero-order chi connectivity index (χ0) is 22.6. The summed E-state index contributed by atoms with van der Waals surface area (Å²) in [7, 11) is 0. The SMILES string of the molecule is O=c1c2c3c(oc2n(SF)c(=O)n1CCCOPI)C1C=C(Cl)CC2=C1C(C=CC2Cl)C3. The molecule has 3 aliphatic rings. The monoisotopic (exact) mass is 628 g/mol. The summed E-state index contributed by atoms with van der Waals surface area (Å²) < 4.78 is 27.2. The Balaban J connectivity index is 1.72. The molecule has 5 rings (SSSR count). The molecule has 32 heavy (non-hydrogen) atoms. The molecule has 0 saturated carbocycles. The highest BCUT2D eigenvalue weighted by molar-refractivity contribution is 14.2. The lowest BCUT2D eigenvalue weighted by Crippen LogP contribution is -2.38. The van der Waals surface area contributed by atoms with Crippen LogP contribution in [-0.2, 0) is 17.5 Å². The van der Waals surface area contributed by atoms with Crippen LogP contribution in [0.15, 0.2) is 48.4 Å². The standard InChI is InChI=1S/C20H17Cl2FIN2O4PS/c21-10-7-11-14(22)3-2-9-6-12-16-18(27)25(4-1-5-29-31-24)20(28)26(32-23)19(16)30-17(12)13(8-10)15(9)11/h2-3,8-9,13-14,31H,1,4-7H2. The van der Waals surface area contributed by atoms with Gasteiger partial charge >= 0.3 is 5.69 Å². The molecule has 0 fully saturated rings. The topological polar surface area (TPSA) is 66.4 Å². The van der Waals surface area contributed by atoms with Crippen molar-refractivity contribution in [3.8, 4) is 0 Å². The van der Waals surface area contributed by atoms with E-state index in [2.05, 4.69) is 28.1 Å². The maximum Gasteiger partial charge on any atom is 0.346 e. The molecule has 0 saturated heterocycles. The second-order valence-electron chi connectivity index (χ2n) is 7.85. The molecule has 2 heterocycles. The lowest BCUT2D eigenvalue weighted by molar-refractivity contribution is 0.345. The fourth-order valence-electron chi connectivity index (χ4n) is 4.90. The number of rotatable bonds is 6. The third-order valence-corrected chi connectivity index (χ3v) is 8.56. The summed E-state index contributed by atoms with van der Waals surface area (Å²) in [4.78, 5) is 26.3. The Labute approximate surface area is 211 Å². The van der Waals surface area contributed by atoms with E-state index in [0.717, 1.165) is 19.7 Å². The summed E-state index contributed by atoms with van der Waals surface area (Å²) in [6.07, 6.45) is 7.47. The van der Waals surface area contributed by atoms with Gasteiger partial charge in [0, 0.05) is 29.5 Å². The molecule has 170 valence electrons. The minimum Gasteiger partial charge on any atom is -0.442 e. The maximum atomic E-state index is 13.9. The molecule has 0 aliphatic heterocycles. The van der Waals surface area contributed by atoms with E-state index in [9.17, 15) is 13.5 Å². The van der Waals surface area contributed by atoms with Crippen molar-refractivity contribution in [1.29, 1.82) is 0 Å². The van der Waals surface area contributed by atoms with Gasteiger partial charge < -0.3 is 8.94 Å². The van der Waals surface area contributed by atoms with E-state index < -0.39 is 11.2 Å². The summed E-state index contributed by atoms with van der Waals surface area (Å²) in [5, 5.41) is 0.644. The molecule has 2 aromatic heterocycles. The van der Waals surface area contributed by atoms with Gasteiger partial charge in [-0.2, -0.15) is 3.97 Å². The van der Waals surface area contributed by atoms with E-state index in [4.69, 9.17) is 32.1 Å². The Morgan fingerprint density at radius 3 is 2.94 bits per heavy atom. The van der Waals surface area contributed by atoms with Gasteiger partial charge in [0.25, 0.3) is 5.56 Å². The van der Waals surface area contributed by atoms with Gasteiger partial charge in [0.05, 0.1) is 24.4 Å². The van der Waals surface area contributed by atoms with Crippen molar-refractivity contribution in [2.24, 2.45) is 5.92 Å². The maximum absolute atomic E-state index is 13.9. The summed E-state index contributed by atoms with van der Waals surface area (Å²) >= 11 is 14.8. The Bertz CT molecular complexity index is 1320. The molecular weight excluding hydrogens is 612 g/mol. The number of halogens is 4. The quantitative estimate of drug-likeness (QED) is 0.134. The van der Waals surface area contributed by atoms with Gasteiger partial charge in [-0.1, -0.05) is 29.8 Å². The first kappa shape index (κ1) is 23.2. The van der Waals surface area contributed by atoms with Gasteiger partial charge in [0.2, 0.25) is 5.71 Å². The molecule has 0 N–H and O–H groups in total. The molecule has 4 atom stereocenters. The van der Waals surface area contributed by atoms with Crippen LogP contribution in [0.2, 0.25) is 0 Å². The van der Waals surface area contributed by atoms with Crippen LogP contribution in [0, 0.1) is 5.92 Å². The van der Waals surface area contributed by atoms with Crippen LogP contribution in [0.25, 0.3) is 11.1 Å². The summed E-state index contributed by atoms with van der Waals surface area (Å²) in [5.74, 6) is 0.286. The molecule has 3 aliphatic carbocycles. The van der Waals surface area contributed by atoms with E-state index in [1.54, 1.807) is 0 Å². The van der Waals surface area contributed by atoms with E-state index in [0.29, 0.717) is 48.7 Å². The number of alkyl halides is 1. The van der Waals surface area contributed by atoms with E-state index in [1.807, 2.05) is 12.2 Å². The van der Waals surface area contributed by atoms with Gasteiger partial charge in [-0.25, -0.2) is 4.79 Å². The van der Waals surface area contributed by atoms with Crippen LogP contribution in [0.1, 0.15) is 30.1 Å². The van der Waals surface area contributed by atoms with Crippen LogP contribution in [0.3, 0.4) is 0 Å². The number of nitrogens with zero attached hydrogens (tertiary/aromatic N) is 2. The number of furan rings is 1. The largest absolute Gasteiger partial charge is 0.442 e. The normalized spacial score (nSPS) is 24.4. The van der Waals surface area contributed by atoms with Crippen molar-refractivity contribution in [3.63, 3.8) is 0 Å². The highest BCUT2D eigenvalue weighted by atomic mass is 127. The van der Waals surface area contributed by atoms with Crippen LogP contribution in [0.5, 0.6) is 0 Å². The smallest absolute Gasteiger partial charge is 0.346 e. The van der Waals surface area contributed by atoms with E-state index in [1.165, 1.54) is 0 Å². The predicted octanol–water partition coefficient (Wildman–Crippen LogP) is 5.74. The third kappa shape index (κ3) is 3.67. The molecule has 2 aromatic rings. The number of allylic oxidation sites excluding steroid dienone is 6. The van der Waals surface area contributed by atoms with Crippen LogP contribution >= 0.6 is 64.0 Å². The molecule has 6 nitrogen and oxygen atoms in total. The number of hydrogen-bond donors (Lipinski definition) is 0. The number of fused-ring (bicyclic) bond motifs is 4. The molecule has 4 unspecified atom stereocenters.